The molecule has 2 aromatic carbocycles. The predicted octanol–water partition coefficient (Wildman–Crippen LogP) is 4.02. The van der Waals surface area contributed by atoms with Gasteiger partial charge in [-0.15, -0.1) is 0 Å². The van der Waals surface area contributed by atoms with E-state index in [1.54, 1.807) is 37.4 Å². The van der Waals surface area contributed by atoms with E-state index < -0.39 is 18.7 Å². The Kier molecular flexibility index (Phi) is 4.53. The topological polar surface area (TPSA) is 38.3 Å². The van der Waals surface area contributed by atoms with Gasteiger partial charge in [0.15, 0.2) is 12.0 Å². The molecule has 0 fully saturated rings. The molecule has 0 aliphatic carbocycles. The third kappa shape index (κ3) is 3.68. The average Bonchev–Trinajstić information content (AvgIpc) is 2.91. The van der Waals surface area contributed by atoms with E-state index in [1.165, 1.54) is 18.2 Å². The van der Waals surface area contributed by atoms with E-state index in [1.807, 2.05) is 6.07 Å². The SMILES string of the molecule is CNC1=C(c2cccc(CC(F)(F)F)c2)C(=O)C(c2ccccc2)O1. The number of rotatable bonds is 4. The number of alkyl halides is 3. The fourth-order valence-corrected chi connectivity index (χ4v) is 2.85. The van der Waals surface area contributed by atoms with Crippen LogP contribution in [-0.2, 0) is 16.0 Å². The van der Waals surface area contributed by atoms with E-state index in [2.05, 4.69) is 5.32 Å². The number of carbonyl (C=O) groups is 1. The van der Waals surface area contributed by atoms with Crippen LogP contribution in [0.3, 0.4) is 0 Å². The van der Waals surface area contributed by atoms with Gasteiger partial charge in [0.25, 0.3) is 0 Å². The van der Waals surface area contributed by atoms with Gasteiger partial charge < -0.3 is 10.1 Å². The van der Waals surface area contributed by atoms with Crippen LogP contribution in [-0.4, -0.2) is 19.0 Å². The molecule has 1 heterocycles. The molecule has 1 aliphatic heterocycles. The van der Waals surface area contributed by atoms with Crippen molar-refractivity contribution in [2.45, 2.75) is 18.7 Å². The molecule has 3 rings (SSSR count). The number of hydrogen-bond acceptors (Lipinski definition) is 3. The zero-order valence-corrected chi connectivity index (χ0v) is 13.4. The Morgan fingerprint density at radius 3 is 2.44 bits per heavy atom. The quantitative estimate of drug-likeness (QED) is 0.908. The third-order valence-corrected chi connectivity index (χ3v) is 3.90. The van der Waals surface area contributed by atoms with Crippen molar-refractivity contribution in [3.63, 3.8) is 0 Å². The first kappa shape index (κ1) is 17.1. The first-order chi connectivity index (χ1) is 11.9. The van der Waals surface area contributed by atoms with Crippen LogP contribution >= 0.6 is 0 Å². The maximum atomic E-state index is 12.8. The molecular weight excluding hydrogens is 331 g/mol. The fourth-order valence-electron chi connectivity index (χ4n) is 2.85. The predicted molar refractivity (Wildman–Crippen MR) is 87.5 cm³/mol. The second kappa shape index (κ2) is 6.63. The Morgan fingerprint density at radius 2 is 1.80 bits per heavy atom. The Bertz CT molecular complexity index is 813. The highest BCUT2D eigenvalue weighted by atomic mass is 19.4. The summed E-state index contributed by atoms with van der Waals surface area (Å²) in [6.45, 7) is 0. The molecule has 130 valence electrons. The molecule has 0 spiro atoms. The zero-order valence-electron chi connectivity index (χ0n) is 13.4. The van der Waals surface area contributed by atoms with Gasteiger partial charge in [0.2, 0.25) is 5.78 Å². The number of ketones is 1. The van der Waals surface area contributed by atoms with Crippen molar-refractivity contribution < 1.29 is 22.7 Å². The maximum Gasteiger partial charge on any atom is 0.393 e. The number of ether oxygens (including phenoxy) is 1. The Labute approximate surface area is 143 Å². The standard InChI is InChI=1S/C19H16F3NO2/c1-23-18-15(14-9-5-6-12(10-14)11-19(20,21)22)16(24)17(25-18)13-7-3-2-4-8-13/h2-10,17,23H,11H2,1H3. The van der Waals surface area contributed by atoms with Crippen molar-refractivity contribution in [2.24, 2.45) is 0 Å². The lowest BCUT2D eigenvalue weighted by atomic mass is 9.95. The van der Waals surface area contributed by atoms with E-state index in [4.69, 9.17) is 4.74 Å². The van der Waals surface area contributed by atoms with Crippen molar-refractivity contribution in [1.29, 1.82) is 0 Å². The number of carbonyl (C=O) groups excluding carboxylic acids is 1. The van der Waals surface area contributed by atoms with Gasteiger partial charge >= 0.3 is 6.18 Å². The van der Waals surface area contributed by atoms with E-state index in [0.29, 0.717) is 11.1 Å². The summed E-state index contributed by atoms with van der Waals surface area (Å²) in [6, 6.07) is 14.9. The number of benzene rings is 2. The van der Waals surface area contributed by atoms with Crippen molar-refractivity contribution in [3.05, 3.63) is 77.2 Å². The summed E-state index contributed by atoms with van der Waals surface area (Å²) >= 11 is 0. The fraction of sp³-hybridized carbons (Fsp3) is 0.211. The maximum absolute atomic E-state index is 12.8. The molecule has 0 radical (unpaired) electrons. The van der Waals surface area contributed by atoms with Gasteiger partial charge in [0, 0.05) is 12.6 Å². The lowest BCUT2D eigenvalue weighted by Gasteiger charge is -2.11. The van der Waals surface area contributed by atoms with E-state index in [-0.39, 0.29) is 22.8 Å². The van der Waals surface area contributed by atoms with Gasteiger partial charge in [-0.2, -0.15) is 13.2 Å². The average molecular weight is 347 g/mol. The Morgan fingerprint density at radius 1 is 1.08 bits per heavy atom. The van der Waals surface area contributed by atoms with Crippen LogP contribution in [0, 0.1) is 0 Å². The molecular formula is C19H16F3NO2. The molecule has 0 bridgehead atoms. The normalized spacial score (nSPS) is 17.6. The summed E-state index contributed by atoms with van der Waals surface area (Å²) in [5.41, 5.74) is 1.47. The monoisotopic (exact) mass is 347 g/mol. The number of hydrogen-bond donors (Lipinski definition) is 1. The number of Topliss-reactive ketones (excluding diaryl/α,β-unsaturated/α-hetero) is 1. The van der Waals surface area contributed by atoms with Gasteiger partial charge in [-0.25, -0.2) is 0 Å². The van der Waals surface area contributed by atoms with Crippen LogP contribution in [0.1, 0.15) is 22.8 Å². The van der Waals surface area contributed by atoms with Crippen molar-refractivity contribution >= 4 is 11.4 Å². The molecule has 6 heteroatoms. The minimum atomic E-state index is -4.30. The molecule has 1 unspecified atom stereocenters. The summed E-state index contributed by atoms with van der Waals surface area (Å²) in [7, 11) is 1.61. The van der Waals surface area contributed by atoms with Crippen LogP contribution in [0.5, 0.6) is 0 Å². The van der Waals surface area contributed by atoms with Gasteiger partial charge in [-0.3, -0.25) is 4.79 Å². The second-order valence-corrected chi connectivity index (χ2v) is 5.72. The van der Waals surface area contributed by atoms with Crippen LogP contribution in [0.2, 0.25) is 0 Å². The lowest BCUT2D eigenvalue weighted by Crippen LogP contribution is -2.12. The molecule has 0 saturated heterocycles. The zero-order chi connectivity index (χ0) is 18.0. The molecule has 1 atom stereocenters. The van der Waals surface area contributed by atoms with E-state index in [9.17, 15) is 18.0 Å². The van der Waals surface area contributed by atoms with Crippen molar-refractivity contribution in [2.75, 3.05) is 7.05 Å². The number of halogens is 3. The molecule has 1 N–H and O–H groups in total. The summed E-state index contributed by atoms with van der Waals surface area (Å²) in [4.78, 5) is 12.8. The molecule has 0 aromatic heterocycles. The van der Waals surface area contributed by atoms with Crippen LogP contribution in [0.15, 0.2) is 60.5 Å². The van der Waals surface area contributed by atoms with E-state index in [0.717, 1.165) is 0 Å². The molecule has 2 aromatic rings. The third-order valence-electron chi connectivity index (χ3n) is 3.90. The Balaban J connectivity index is 1.95. The van der Waals surface area contributed by atoms with Gasteiger partial charge in [-0.1, -0.05) is 54.6 Å². The van der Waals surface area contributed by atoms with Gasteiger partial charge in [0.1, 0.15) is 0 Å². The second-order valence-electron chi connectivity index (χ2n) is 5.72. The lowest BCUT2D eigenvalue weighted by molar-refractivity contribution is -0.127. The van der Waals surface area contributed by atoms with Crippen molar-refractivity contribution in [3.8, 4) is 0 Å². The van der Waals surface area contributed by atoms with Crippen LogP contribution < -0.4 is 5.32 Å². The largest absolute Gasteiger partial charge is 0.462 e. The van der Waals surface area contributed by atoms with E-state index >= 15 is 0 Å². The summed E-state index contributed by atoms with van der Waals surface area (Å²) in [5, 5.41) is 2.82. The first-order valence-corrected chi connectivity index (χ1v) is 7.73. The summed E-state index contributed by atoms with van der Waals surface area (Å²) in [6.07, 6.45) is -6.15. The van der Waals surface area contributed by atoms with Gasteiger partial charge in [0.05, 0.1) is 12.0 Å². The highest BCUT2D eigenvalue weighted by Gasteiger charge is 2.37. The molecule has 3 nitrogen and oxygen atoms in total. The molecule has 25 heavy (non-hydrogen) atoms. The van der Waals surface area contributed by atoms with Crippen LogP contribution in [0.4, 0.5) is 13.2 Å². The highest BCUT2D eigenvalue weighted by Crippen LogP contribution is 2.37. The molecule has 0 saturated carbocycles. The summed E-state index contributed by atoms with van der Waals surface area (Å²) < 4.78 is 43.6. The smallest absolute Gasteiger partial charge is 0.393 e. The van der Waals surface area contributed by atoms with Crippen molar-refractivity contribution in [1.82, 2.24) is 5.32 Å². The minimum absolute atomic E-state index is 0.101. The molecule has 1 aliphatic rings. The highest BCUT2D eigenvalue weighted by molar-refractivity contribution is 6.25. The first-order valence-electron chi connectivity index (χ1n) is 7.73. The van der Waals surface area contributed by atoms with Gasteiger partial charge in [-0.05, 0) is 11.1 Å². The summed E-state index contributed by atoms with van der Waals surface area (Å²) in [5.74, 6) is -0.0114. The number of nitrogens with one attached hydrogen (secondary N) is 1. The minimum Gasteiger partial charge on any atom is -0.462 e. The molecule has 0 amide bonds. The van der Waals surface area contributed by atoms with Crippen LogP contribution in [0.25, 0.3) is 5.57 Å². The Hall–Kier alpha value is -2.76.